The Morgan fingerprint density at radius 1 is 1.00 bits per heavy atom. The molecule has 0 aliphatic heterocycles. The van der Waals surface area contributed by atoms with Crippen molar-refractivity contribution in [2.24, 2.45) is 0 Å². The highest BCUT2D eigenvalue weighted by atomic mass is 32.2. The van der Waals surface area contributed by atoms with E-state index in [1.807, 2.05) is 5.38 Å². The molecule has 0 aliphatic rings. The van der Waals surface area contributed by atoms with Crippen molar-refractivity contribution in [3.8, 4) is 0 Å². The Morgan fingerprint density at radius 3 is 2.45 bits per heavy atom. The molecule has 1 atom stereocenters. The van der Waals surface area contributed by atoms with E-state index in [1.165, 1.54) is 53.8 Å². The third-order valence-corrected chi connectivity index (χ3v) is 6.68. The van der Waals surface area contributed by atoms with Crippen LogP contribution >= 0.6 is 11.3 Å². The third kappa shape index (κ3) is 3.90. The van der Waals surface area contributed by atoms with Gasteiger partial charge in [-0.3, -0.25) is 9.78 Å². The van der Waals surface area contributed by atoms with E-state index in [4.69, 9.17) is 0 Å². The van der Waals surface area contributed by atoms with Crippen molar-refractivity contribution in [1.82, 2.24) is 14.7 Å². The number of halogens is 1. The van der Waals surface area contributed by atoms with Crippen molar-refractivity contribution in [2.75, 3.05) is 0 Å². The van der Waals surface area contributed by atoms with Crippen molar-refractivity contribution < 1.29 is 12.8 Å². The van der Waals surface area contributed by atoms with E-state index in [-0.39, 0.29) is 15.8 Å². The molecule has 148 valence electrons. The van der Waals surface area contributed by atoms with Crippen LogP contribution in [0.4, 0.5) is 4.39 Å². The fraction of sp³-hybridized carbons (Fsp3) is 0.0526. The van der Waals surface area contributed by atoms with E-state index in [0.717, 1.165) is 4.88 Å². The average molecular weight is 431 g/mol. The predicted octanol–water partition coefficient (Wildman–Crippen LogP) is 2.48. The Balaban J connectivity index is 1.77. The number of thiophene rings is 1. The van der Waals surface area contributed by atoms with Crippen molar-refractivity contribution >= 4 is 32.3 Å². The summed E-state index contributed by atoms with van der Waals surface area (Å²) in [5.74, 6) is -0.427. The number of fused-ring (bicyclic) bond motifs is 1. The summed E-state index contributed by atoms with van der Waals surface area (Å²) in [6.07, 6.45) is 0. The monoisotopic (exact) mass is 431 g/mol. The van der Waals surface area contributed by atoms with Gasteiger partial charge in [0.1, 0.15) is 5.82 Å². The highest BCUT2D eigenvalue weighted by Crippen LogP contribution is 2.28. The predicted molar refractivity (Wildman–Crippen MR) is 108 cm³/mol. The fourth-order valence-corrected chi connectivity index (χ4v) is 5.04. The number of sulfonamides is 1. The zero-order valence-corrected chi connectivity index (χ0v) is 16.3. The maximum atomic E-state index is 13.3. The van der Waals surface area contributed by atoms with Gasteiger partial charge in [0.25, 0.3) is 5.56 Å². The third-order valence-electron chi connectivity index (χ3n) is 4.33. The Morgan fingerprint density at radius 2 is 1.76 bits per heavy atom. The summed E-state index contributed by atoms with van der Waals surface area (Å²) in [5.41, 5.74) is -0.564. The van der Waals surface area contributed by atoms with Crippen molar-refractivity contribution in [2.45, 2.75) is 10.9 Å². The number of hydrogen-bond donors (Lipinski definition) is 3. The fourth-order valence-electron chi connectivity index (χ4n) is 2.94. The van der Waals surface area contributed by atoms with Crippen LogP contribution in [-0.2, 0) is 10.0 Å². The molecule has 4 rings (SSSR count). The smallest absolute Gasteiger partial charge is 0.307 e. The minimum atomic E-state index is -4.04. The van der Waals surface area contributed by atoms with Crippen LogP contribution in [0.1, 0.15) is 16.5 Å². The van der Waals surface area contributed by atoms with Crippen LogP contribution in [-0.4, -0.2) is 18.4 Å². The topological polar surface area (TPSA) is 112 Å². The average Bonchev–Trinajstić information content (AvgIpc) is 3.21. The maximum absolute atomic E-state index is 13.3. The summed E-state index contributed by atoms with van der Waals surface area (Å²) in [6, 6.07) is 12.2. The molecule has 2 heterocycles. The van der Waals surface area contributed by atoms with Crippen molar-refractivity contribution in [1.29, 1.82) is 0 Å². The van der Waals surface area contributed by atoms with Crippen LogP contribution in [0, 0.1) is 5.82 Å². The number of hydrogen-bond acceptors (Lipinski definition) is 5. The first-order valence-electron chi connectivity index (χ1n) is 8.41. The second-order valence-electron chi connectivity index (χ2n) is 6.24. The summed E-state index contributed by atoms with van der Waals surface area (Å²) in [7, 11) is -4.04. The second-order valence-corrected chi connectivity index (χ2v) is 8.93. The molecule has 0 unspecified atom stereocenters. The van der Waals surface area contributed by atoms with Gasteiger partial charge in [0.2, 0.25) is 10.0 Å². The largest absolute Gasteiger partial charge is 0.326 e. The van der Waals surface area contributed by atoms with E-state index in [9.17, 15) is 22.4 Å². The van der Waals surface area contributed by atoms with E-state index >= 15 is 0 Å². The Labute approximate surface area is 167 Å². The first-order chi connectivity index (χ1) is 13.8. The molecule has 10 heteroatoms. The summed E-state index contributed by atoms with van der Waals surface area (Å²) < 4.78 is 42.0. The van der Waals surface area contributed by atoms with Crippen molar-refractivity contribution in [3.63, 3.8) is 0 Å². The lowest BCUT2D eigenvalue weighted by Gasteiger charge is -2.18. The van der Waals surface area contributed by atoms with Crippen LogP contribution < -0.4 is 16.0 Å². The van der Waals surface area contributed by atoms with Crippen LogP contribution in [0.25, 0.3) is 10.9 Å². The van der Waals surface area contributed by atoms with Crippen molar-refractivity contribution in [3.05, 3.63) is 97.1 Å². The number of rotatable bonds is 5. The van der Waals surface area contributed by atoms with Crippen LogP contribution in [0.3, 0.4) is 0 Å². The zero-order valence-electron chi connectivity index (χ0n) is 14.7. The van der Waals surface area contributed by atoms with E-state index in [0.29, 0.717) is 5.56 Å². The molecule has 2 aromatic heterocycles. The van der Waals surface area contributed by atoms with Gasteiger partial charge in [-0.15, -0.1) is 11.3 Å². The molecule has 4 aromatic rings. The van der Waals surface area contributed by atoms with Gasteiger partial charge in [-0.05, 0) is 47.3 Å². The molecule has 0 saturated heterocycles. The van der Waals surface area contributed by atoms with Gasteiger partial charge >= 0.3 is 5.69 Å². The Hall–Kier alpha value is -3.08. The first kappa shape index (κ1) is 19.2. The molecule has 0 amide bonds. The molecular formula is C19H14FN3O4S2. The minimum Gasteiger partial charge on any atom is -0.307 e. The quantitative estimate of drug-likeness (QED) is 0.451. The molecule has 0 saturated carbocycles. The standard InChI is InChI=1S/C19H14FN3O4S2/c20-12-5-3-11(4-6-12)17(16-2-1-9-28-16)23-29(26,27)13-7-8-15-14(10-13)18(24)22-19(25)21-15/h1-10,17,23H,(H2,21,22,24,25)/t17-/m1/s1. The number of aromatic nitrogens is 2. The van der Waals surface area contributed by atoms with Gasteiger partial charge in [0, 0.05) is 4.88 Å². The van der Waals surface area contributed by atoms with Gasteiger partial charge in [-0.1, -0.05) is 18.2 Å². The first-order valence-corrected chi connectivity index (χ1v) is 10.8. The lowest BCUT2D eigenvalue weighted by Crippen LogP contribution is -2.29. The number of H-pyrrole nitrogens is 2. The summed E-state index contributed by atoms with van der Waals surface area (Å²) in [6.45, 7) is 0. The highest BCUT2D eigenvalue weighted by molar-refractivity contribution is 7.89. The van der Waals surface area contributed by atoms with E-state index < -0.39 is 33.1 Å². The normalized spacial score (nSPS) is 12.9. The van der Waals surface area contributed by atoms with Gasteiger partial charge < -0.3 is 4.98 Å². The Bertz CT molecular complexity index is 1390. The van der Waals surface area contributed by atoms with Gasteiger partial charge in [0.05, 0.1) is 21.8 Å². The second kappa shape index (κ2) is 7.39. The summed E-state index contributed by atoms with van der Waals surface area (Å²) in [5, 5.41) is 1.86. The molecule has 7 nitrogen and oxygen atoms in total. The molecule has 2 aromatic carbocycles. The number of nitrogens with one attached hydrogen (secondary N) is 3. The molecule has 0 spiro atoms. The lowest BCUT2D eigenvalue weighted by molar-refractivity contribution is 0.573. The Kier molecular flexibility index (Phi) is 4.91. The number of aromatic amines is 2. The van der Waals surface area contributed by atoms with E-state index in [1.54, 1.807) is 12.1 Å². The molecule has 3 N–H and O–H groups in total. The molecule has 0 radical (unpaired) electrons. The van der Waals surface area contributed by atoms with Crippen LogP contribution in [0.2, 0.25) is 0 Å². The SMILES string of the molecule is O=c1[nH]c(=O)c2cc(S(=O)(=O)N[C@H](c3ccc(F)cc3)c3cccs3)ccc2[nH]1. The minimum absolute atomic E-state index is 0.0435. The van der Waals surface area contributed by atoms with Gasteiger partial charge in [0.15, 0.2) is 0 Å². The molecular weight excluding hydrogens is 417 g/mol. The van der Waals surface area contributed by atoms with Crippen LogP contribution in [0.5, 0.6) is 0 Å². The molecule has 0 bridgehead atoms. The molecule has 0 fully saturated rings. The highest BCUT2D eigenvalue weighted by Gasteiger charge is 2.24. The maximum Gasteiger partial charge on any atom is 0.326 e. The zero-order chi connectivity index (χ0) is 20.6. The number of benzene rings is 2. The van der Waals surface area contributed by atoms with Gasteiger partial charge in [-0.2, -0.15) is 4.72 Å². The van der Waals surface area contributed by atoms with Crippen LogP contribution in [0.15, 0.2) is 74.5 Å². The lowest BCUT2D eigenvalue weighted by atomic mass is 10.1. The molecule has 0 aliphatic carbocycles. The summed E-state index contributed by atoms with van der Waals surface area (Å²) >= 11 is 1.36. The van der Waals surface area contributed by atoms with E-state index in [2.05, 4.69) is 14.7 Å². The molecule has 29 heavy (non-hydrogen) atoms. The summed E-state index contributed by atoms with van der Waals surface area (Å²) in [4.78, 5) is 28.5. The van der Waals surface area contributed by atoms with Gasteiger partial charge in [-0.25, -0.2) is 17.6 Å².